The van der Waals surface area contributed by atoms with Gasteiger partial charge in [0.05, 0.1) is 0 Å². The first kappa shape index (κ1) is 14.1. The number of likely N-dealkylation sites (tertiary alicyclic amines) is 1. The van der Waals surface area contributed by atoms with Crippen LogP contribution in [0, 0.1) is 11.8 Å². The number of nitrogens with zero attached hydrogens (tertiary/aromatic N) is 1. The molecule has 0 saturated carbocycles. The fourth-order valence-corrected chi connectivity index (χ4v) is 4.84. The van der Waals surface area contributed by atoms with Gasteiger partial charge in [0.15, 0.2) is 0 Å². The molecular formula is C20H26N2. The quantitative estimate of drug-likeness (QED) is 0.723. The standard InChI is InChI=1S/C20H26N2/c1-4-14-12-22(3)20-11-17-16-7-5-6-8-18(16)21-19(17)10-9-15(14)13(20)2/h4-8,13,15,20-21H,9-12H2,1-3H3/b14-4-/t13-,15+,20-/m0/s1. The Morgan fingerprint density at radius 3 is 2.91 bits per heavy atom. The molecule has 116 valence electrons. The molecule has 0 unspecified atom stereocenters. The van der Waals surface area contributed by atoms with Crippen molar-refractivity contribution in [1.82, 2.24) is 9.88 Å². The van der Waals surface area contributed by atoms with Crippen molar-refractivity contribution in [2.75, 3.05) is 13.6 Å². The van der Waals surface area contributed by atoms with Crippen LogP contribution in [0.4, 0.5) is 0 Å². The highest BCUT2D eigenvalue weighted by atomic mass is 15.1. The van der Waals surface area contributed by atoms with Crippen LogP contribution in [0.2, 0.25) is 0 Å². The number of piperidine rings is 1. The van der Waals surface area contributed by atoms with E-state index in [2.05, 4.69) is 61.1 Å². The summed E-state index contributed by atoms with van der Waals surface area (Å²) in [6.45, 7) is 5.82. The Labute approximate surface area is 133 Å². The van der Waals surface area contributed by atoms with Gasteiger partial charge in [-0.05, 0) is 56.7 Å². The number of para-hydroxylation sites is 1. The summed E-state index contributed by atoms with van der Waals surface area (Å²) in [6, 6.07) is 9.47. The highest BCUT2D eigenvalue weighted by Crippen LogP contribution is 2.40. The minimum Gasteiger partial charge on any atom is -0.358 e. The maximum atomic E-state index is 3.70. The van der Waals surface area contributed by atoms with E-state index in [0.717, 1.165) is 18.4 Å². The zero-order valence-corrected chi connectivity index (χ0v) is 13.9. The number of aryl methyl sites for hydroxylation is 1. The van der Waals surface area contributed by atoms with Crippen LogP contribution in [0.1, 0.15) is 31.5 Å². The van der Waals surface area contributed by atoms with Gasteiger partial charge >= 0.3 is 0 Å². The number of hydrogen-bond acceptors (Lipinski definition) is 1. The summed E-state index contributed by atoms with van der Waals surface area (Å²) in [4.78, 5) is 6.27. The molecule has 3 atom stereocenters. The third-order valence-electron chi connectivity index (χ3n) is 6.11. The van der Waals surface area contributed by atoms with Crippen molar-refractivity contribution in [2.45, 2.75) is 39.2 Å². The molecule has 0 radical (unpaired) electrons. The highest BCUT2D eigenvalue weighted by molar-refractivity contribution is 5.84. The number of likely N-dealkylation sites (N-methyl/N-ethyl adjacent to an activating group) is 1. The number of H-pyrrole nitrogens is 1. The van der Waals surface area contributed by atoms with Crippen molar-refractivity contribution in [3.05, 3.63) is 47.2 Å². The number of benzene rings is 1. The van der Waals surface area contributed by atoms with Gasteiger partial charge in [0.2, 0.25) is 0 Å². The number of fused-ring (bicyclic) bond motifs is 5. The predicted molar refractivity (Wildman–Crippen MR) is 93.2 cm³/mol. The SMILES string of the molecule is C/C=C1/CN(C)[C@H]2Cc3c([nH]c4ccccc34)CC[C@@H]1[C@@H]2C. The molecular weight excluding hydrogens is 268 g/mol. The van der Waals surface area contributed by atoms with Crippen LogP contribution in [-0.4, -0.2) is 29.5 Å². The van der Waals surface area contributed by atoms with Gasteiger partial charge in [-0.15, -0.1) is 0 Å². The van der Waals surface area contributed by atoms with E-state index in [1.54, 1.807) is 11.1 Å². The van der Waals surface area contributed by atoms with Crippen LogP contribution in [0.15, 0.2) is 35.9 Å². The number of aromatic amines is 1. The molecule has 2 nitrogen and oxygen atoms in total. The second-order valence-electron chi connectivity index (χ2n) is 7.18. The highest BCUT2D eigenvalue weighted by Gasteiger charge is 2.38. The molecule has 1 aliphatic carbocycles. The van der Waals surface area contributed by atoms with Gasteiger partial charge in [0.1, 0.15) is 0 Å². The molecule has 0 amide bonds. The first-order chi connectivity index (χ1) is 10.7. The first-order valence-electron chi connectivity index (χ1n) is 8.62. The molecule has 0 spiro atoms. The van der Waals surface area contributed by atoms with Crippen LogP contribution in [-0.2, 0) is 12.8 Å². The second kappa shape index (κ2) is 5.27. The van der Waals surface area contributed by atoms with E-state index in [0.29, 0.717) is 6.04 Å². The number of hydrogen-bond donors (Lipinski definition) is 1. The Morgan fingerprint density at radius 1 is 1.27 bits per heavy atom. The van der Waals surface area contributed by atoms with E-state index in [1.165, 1.54) is 35.9 Å². The Balaban J connectivity index is 1.82. The minimum atomic E-state index is 0.659. The maximum Gasteiger partial charge on any atom is 0.0458 e. The van der Waals surface area contributed by atoms with Crippen molar-refractivity contribution >= 4 is 10.9 Å². The largest absolute Gasteiger partial charge is 0.358 e. The molecule has 2 aliphatic rings. The lowest BCUT2D eigenvalue weighted by atomic mass is 9.71. The molecule has 2 bridgehead atoms. The molecule has 1 aromatic carbocycles. The summed E-state index contributed by atoms with van der Waals surface area (Å²) in [5.74, 6) is 1.50. The van der Waals surface area contributed by atoms with Gasteiger partial charge in [-0.3, -0.25) is 4.90 Å². The summed E-state index contributed by atoms with van der Waals surface area (Å²) in [5, 5.41) is 1.44. The van der Waals surface area contributed by atoms with Crippen molar-refractivity contribution < 1.29 is 0 Å². The monoisotopic (exact) mass is 294 g/mol. The van der Waals surface area contributed by atoms with Gasteiger partial charge in [0, 0.05) is 29.2 Å². The van der Waals surface area contributed by atoms with Crippen molar-refractivity contribution in [2.24, 2.45) is 11.8 Å². The van der Waals surface area contributed by atoms with E-state index < -0.39 is 0 Å². The molecule has 2 aromatic rings. The van der Waals surface area contributed by atoms with Crippen LogP contribution in [0.3, 0.4) is 0 Å². The number of nitrogens with one attached hydrogen (secondary N) is 1. The Hall–Kier alpha value is -1.54. The summed E-state index contributed by atoms with van der Waals surface area (Å²) in [7, 11) is 2.30. The first-order valence-corrected chi connectivity index (χ1v) is 8.62. The molecule has 1 fully saturated rings. The smallest absolute Gasteiger partial charge is 0.0458 e. The molecule has 1 aromatic heterocycles. The second-order valence-corrected chi connectivity index (χ2v) is 7.18. The van der Waals surface area contributed by atoms with Crippen molar-refractivity contribution in [1.29, 1.82) is 0 Å². The molecule has 1 aliphatic heterocycles. The number of aromatic nitrogens is 1. The van der Waals surface area contributed by atoms with Gasteiger partial charge < -0.3 is 4.98 Å². The van der Waals surface area contributed by atoms with E-state index in [9.17, 15) is 0 Å². The maximum absolute atomic E-state index is 3.70. The van der Waals surface area contributed by atoms with E-state index in [-0.39, 0.29) is 0 Å². The topological polar surface area (TPSA) is 19.0 Å². The fourth-order valence-electron chi connectivity index (χ4n) is 4.84. The van der Waals surface area contributed by atoms with Crippen LogP contribution in [0.5, 0.6) is 0 Å². The Kier molecular flexibility index (Phi) is 3.37. The summed E-state index contributed by atoms with van der Waals surface area (Å²) in [6.07, 6.45) is 6.02. The summed E-state index contributed by atoms with van der Waals surface area (Å²) < 4.78 is 0. The molecule has 1 saturated heterocycles. The van der Waals surface area contributed by atoms with Crippen molar-refractivity contribution in [3.63, 3.8) is 0 Å². The Morgan fingerprint density at radius 2 is 2.09 bits per heavy atom. The van der Waals surface area contributed by atoms with E-state index in [1.807, 2.05) is 0 Å². The molecule has 1 N–H and O–H groups in total. The zero-order valence-electron chi connectivity index (χ0n) is 13.9. The molecule has 2 heteroatoms. The van der Waals surface area contributed by atoms with E-state index in [4.69, 9.17) is 0 Å². The lowest BCUT2D eigenvalue weighted by Crippen LogP contribution is -2.49. The molecule has 4 rings (SSSR count). The van der Waals surface area contributed by atoms with Crippen LogP contribution < -0.4 is 0 Å². The number of allylic oxidation sites excluding steroid dienone is 1. The van der Waals surface area contributed by atoms with Crippen molar-refractivity contribution in [3.8, 4) is 0 Å². The summed E-state index contributed by atoms with van der Waals surface area (Å²) >= 11 is 0. The average Bonchev–Trinajstić information content (AvgIpc) is 2.86. The minimum absolute atomic E-state index is 0.659. The van der Waals surface area contributed by atoms with Gasteiger partial charge in [-0.1, -0.05) is 36.8 Å². The molecule has 2 heterocycles. The van der Waals surface area contributed by atoms with Crippen LogP contribution in [0.25, 0.3) is 10.9 Å². The Bertz CT molecular complexity index is 724. The average molecular weight is 294 g/mol. The number of rotatable bonds is 0. The van der Waals surface area contributed by atoms with Gasteiger partial charge in [0.25, 0.3) is 0 Å². The van der Waals surface area contributed by atoms with Gasteiger partial charge in [-0.2, -0.15) is 0 Å². The fraction of sp³-hybridized carbons (Fsp3) is 0.500. The zero-order chi connectivity index (χ0) is 15.3. The van der Waals surface area contributed by atoms with E-state index >= 15 is 0 Å². The predicted octanol–water partition coefficient (Wildman–Crippen LogP) is 4.17. The normalized spacial score (nSPS) is 31.0. The lowest BCUT2D eigenvalue weighted by molar-refractivity contribution is 0.113. The van der Waals surface area contributed by atoms with Gasteiger partial charge in [-0.25, -0.2) is 0 Å². The van der Waals surface area contributed by atoms with Crippen LogP contribution >= 0.6 is 0 Å². The summed E-state index contributed by atoms with van der Waals surface area (Å²) in [5.41, 5.74) is 6.01. The lowest BCUT2D eigenvalue weighted by Gasteiger charge is -2.45. The third-order valence-corrected chi connectivity index (χ3v) is 6.11. The molecule has 22 heavy (non-hydrogen) atoms. The third kappa shape index (κ3) is 2.04.